The minimum absolute atomic E-state index is 0.0908. The zero-order valence-corrected chi connectivity index (χ0v) is 18.4. The molecule has 2 aromatic rings. The summed E-state index contributed by atoms with van der Waals surface area (Å²) in [4.78, 5) is 14.3. The molecule has 0 bridgehead atoms. The van der Waals surface area contributed by atoms with Crippen LogP contribution in [0.15, 0.2) is 46.0 Å². The van der Waals surface area contributed by atoms with Crippen LogP contribution in [0.5, 0.6) is 0 Å². The number of thiophene rings is 1. The molecule has 3 rings (SSSR count). The number of hydrogen-bond acceptors (Lipinski definition) is 4. The molecule has 1 amide bonds. The van der Waals surface area contributed by atoms with Crippen molar-refractivity contribution in [2.45, 2.75) is 43.2 Å². The highest BCUT2D eigenvalue weighted by Crippen LogP contribution is 2.23. The van der Waals surface area contributed by atoms with Crippen molar-refractivity contribution >= 4 is 27.3 Å². The number of nitrogens with zero attached hydrogens (tertiary/aromatic N) is 2. The Balaban J connectivity index is 1.50. The summed E-state index contributed by atoms with van der Waals surface area (Å²) >= 11 is 1.23. The Hall–Kier alpha value is -1.70. The lowest BCUT2D eigenvalue weighted by molar-refractivity contribution is -0.132. The Morgan fingerprint density at radius 3 is 2.21 bits per heavy atom. The van der Waals surface area contributed by atoms with E-state index in [1.54, 1.807) is 22.4 Å². The number of hydrogen-bond donors (Lipinski definition) is 0. The largest absolute Gasteiger partial charge is 0.340 e. The number of piperazine rings is 1. The third-order valence-electron chi connectivity index (χ3n) is 5.13. The van der Waals surface area contributed by atoms with Gasteiger partial charge >= 0.3 is 0 Å². The average molecular weight is 421 g/mol. The summed E-state index contributed by atoms with van der Waals surface area (Å²) in [5.74, 6) is 0.0908. The van der Waals surface area contributed by atoms with Gasteiger partial charge in [0.1, 0.15) is 4.21 Å². The Labute approximate surface area is 172 Å². The molecule has 1 aromatic heterocycles. The van der Waals surface area contributed by atoms with E-state index in [-0.39, 0.29) is 11.3 Å². The maximum absolute atomic E-state index is 12.6. The van der Waals surface area contributed by atoms with Gasteiger partial charge in [-0.1, -0.05) is 51.1 Å². The lowest BCUT2D eigenvalue weighted by atomic mass is 9.86. The third-order valence-corrected chi connectivity index (χ3v) is 8.40. The van der Waals surface area contributed by atoms with Crippen molar-refractivity contribution in [1.82, 2.24) is 9.21 Å². The fourth-order valence-electron chi connectivity index (χ4n) is 3.30. The Kier molecular flexibility index (Phi) is 6.27. The van der Waals surface area contributed by atoms with Crippen LogP contribution in [0, 0.1) is 0 Å². The molecule has 152 valence electrons. The van der Waals surface area contributed by atoms with E-state index in [0.29, 0.717) is 43.2 Å². The van der Waals surface area contributed by atoms with E-state index in [1.807, 2.05) is 0 Å². The zero-order valence-electron chi connectivity index (χ0n) is 16.7. The molecule has 1 aromatic carbocycles. The summed E-state index contributed by atoms with van der Waals surface area (Å²) in [6.07, 6.45) is 1.16. The van der Waals surface area contributed by atoms with Gasteiger partial charge in [-0.2, -0.15) is 4.31 Å². The number of benzene rings is 1. The van der Waals surface area contributed by atoms with Crippen molar-refractivity contribution in [1.29, 1.82) is 0 Å². The molecule has 7 heteroatoms. The monoisotopic (exact) mass is 420 g/mol. The average Bonchev–Trinajstić information content (AvgIpc) is 3.21. The van der Waals surface area contributed by atoms with E-state index in [1.165, 1.54) is 21.2 Å². The number of sulfonamides is 1. The molecule has 0 N–H and O–H groups in total. The molecule has 0 spiro atoms. The molecule has 0 radical (unpaired) electrons. The highest BCUT2D eigenvalue weighted by atomic mass is 32.2. The first-order valence-corrected chi connectivity index (χ1v) is 11.9. The second-order valence-corrected chi connectivity index (χ2v) is 11.3. The van der Waals surface area contributed by atoms with Gasteiger partial charge in [0, 0.05) is 32.6 Å². The van der Waals surface area contributed by atoms with Gasteiger partial charge in [0.25, 0.3) is 10.0 Å². The molecule has 1 fully saturated rings. The van der Waals surface area contributed by atoms with Crippen molar-refractivity contribution in [3.8, 4) is 0 Å². The highest BCUT2D eigenvalue weighted by Gasteiger charge is 2.30. The van der Waals surface area contributed by atoms with Gasteiger partial charge < -0.3 is 4.90 Å². The van der Waals surface area contributed by atoms with Crippen molar-refractivity contribution in [3.63, 3.8) is 0 Å². The second kappa shape index (κ2) is 8.35. The fraction of sp³-hybridized carbons (Fsp3) is 0.476. The maximum atomic E-state index is 12.6. The smallest absolute Gasteiger partial charge is 0.252 e. The van der Waals surface area contributed by atoms with Crippen molar-refractivity contribution in [3.05, 3.63) is 52.9 Å². The Morgan fingerprint density at radius 2 is 1.68 bits per heavy atom. The third kappa shape index (κ3) is 4.82. The van der Waals surface area contributed by atoms with Gasteiger partial charge in [-0.05, 0) is 34.4 Å². The van der Waals surface area contributed by atoms with Gasteiger partial charge in [-0.25, -0.2) is 8.42 Å². The van der Waals surface area contributed by atoms with Crippen LogP contribution in [0.1, 0.15) is 38.3 Å². The summed E-state index contributed by atoms with van der Waals surface area (Å²) in [5.41, 5.74) is 2.56. The van der Waals surface area contributed by atoms with Gasteiger partial charge in [-0.3, -0.25) is 4.79 Å². The van der Waals surface area contributed by atoms with Crippen LogP contribution < -0.4 is 0 Å². The molecule has 2 heterocycles. The molecule has 0 atom stereocenters. The van der Waals surface area contributed by atoms with Crippen molar-refractivity contribution in [2.75, 3.05) is 26.2 Å². The van der Waals surface area contributed by atoms with Gasteiger partial charge in [0.2, 0.25) is 5.91 Å². The van der Waals surface area contributed by atoms with Gasteiger partial charge in [-0.15, -0.1) is 11.3 Å². The number of rotatable bonds is 5. The summed E-state index contributed by atoms with van der Waals surface area (Å²) in [5, 5.41) is 1.76. The summed E-state index contributed by atoms with van der Waals surface area (Å²) < 4.78 is 27.0. The van der Waals surface area contributed by atoms with E-state index in [4.69, 9.17) is 0 Å². The SMILES string of the molecule is CC(C)(C)c1ccc(CCC(=O)N2CCN(S(=O)(=O)c3cccs3)CC2)cc1. The van der Waals surface area contributed by atoms with Crippen LogP contribution in [0.4, 0.5) is 0 Å². The maximum Gasteiger partial charge on any atom is 0.252 e. The van der Waals surface area contributed by atoms with Crippen LogP contribution in [-0.2, 0) is 26.7 Å². The van der Waals surface area contributed by atoms with Gasteiger partial charge in [0.15, 0.2) is 0 Å². The van der Waals surface area contributed by atoms with E-state index < -0.39 is 10.0 Å². The molecular formula is C21H28N2O3S2. The number of amides is 1. The zero-order chi connectivity index (χ0) is 20.4. The number of carbonyl (C=O) groups excluding carboxylic acids is 1. The van der Waals surface area contributed by atoms with Crippen LogP contribution in [0.25, 0.3) is 0 Å². The predicted molar refractivity (Wildman–Crippen MR) is 113 cm³/mol. The number of carbonyl (C=O) groups is 1. The van der Waals surface area contributed by atoms with Crippen LogP contribution in [0.2, 0.25) is 0 Å². The predicted octanol–water partition coefficient (Wildman–Crippen LogP) is 3.51. The standard InChI is InChI=1S/C21H28N2O3S2/c1-21(2,3)18-9-6-17(7-10-18)8-11-19(24)22-12-14-23(15-13-22)28(25,26)20-5-4-16-27-20/h4-7,9-10,16H,8,11-15H2,1-3H3. The summed E-state index contributed by atoms with van der Waals surface area (Å²) in [6.45, 7) is 8.16. The van der Waals surface area contributed by atoms with Crippen molar-refractivity contribution in [2.24, 2.45) is 0 Å². The van der Waals surface area contributed by atoms with E-state index in [2.05, 4.69) is 45.0 Å². The van der Waals surface area contributed by atoms with Crippen LogP contribution in [0.3, 0.4) is 0 Å². The first kappa shape index (κ1) is 21.0. The molecule has 0 saturated carbocycles. The minimum Gasteiger partial charge on any atom is -0.340 e. The fourth-order valence-corrected chi connectivity index (χ4v) is 5.86. The molecular weight excluding hydrogens is 392 g/mol. The lowest BCUT2D eigenvalue weighted by Crippen LogP contribution is -2.50. The van der Waals surface area contributed by atoms with E-state index >= 15 is 0 Å². The van der Waals surface area contributed by atoms with E-state index in [0.717, 1.165) is 5.56 Å². The van der Waals surface area contributed by atoms with Crippen LogP contribution in [-0.4, -0.2) is 49.7 Å². The molecule has 1 saturated heterocycles. The molecule has 0 aliphatic carbocycles. The molecule has 1 aliphatic rings. The molecule has 0 unspecified atom stereocenters. The Morgan fingerprint density at radius 1 is 1.04 bits per heavy atom. The Bertz CT molecular complexity index is 890. The lowest BCUT2D eigenvalue weighted by Gasteiger charge is -2.33. The second-order valence-electron chi connectivity index (χ2n) is 8.16. The molecule has 1 aliphatic heterocycles. The first-order chi connectivity index (χ1) is 13.2. The number of aryl methyl sites for hydroxylation is 1. The topological polar surface area (TPSA) is 57.7 Å². The van der Waals surface area contributed by atoms with Crippen LogP contribution >= 0.6 is 11.3 Å². The summed E-state index contributed by atoms with van der Waals surface area (Å²) in [6, 6.07) is 11.8. The van der Waals surface area contributed by atoms with Gasteiger partial charge in [0.05, 0.1) is 0 Å². The minimum atomic E-state index is -3.43. The summed E-state index contributed by atoms with van der Waals surface area (Å²) in [7, 11) is -3.43. The highest BCUT2D eigenvalue weighted by molar-refractivity contribution is 7.91. The molecule has 28 heavy (non-hydrogen) atoms. The quantitative estimate of drug-likeness (QED) is 0.744. The molecule has 5 nitrogen and oxygen atoms in total. The first-order valence-electron chi connectivity index (χ1n) is 9.59. The normalized spacial score (nSPS) is 16.3. The van der Waals surface area contributed by atoms with E-state index in [9.17, 15) is 13.2 Å². The van der Waals surface area contributed by atoms with Crippen molar-refractivity contribution < 1.29 is 13.2 Å².